The van der Waals surface area contributed by atoms with Gasteiger partial charge in [0.25, 0.3) is 0 Å². The van der Waals surface area contributed by atoms with Gasteiger partial charge in [-0.15, -0.1) is 0 Å². The lowest BCUT2D eigenvalue weighted by molar-refractivity contribution is -0.138. The predicted molar refractivity (Wildman–Crippen MR) is 71.2 cm³/mol. The topological polar surface area (TPSA) is 62.2 Å². The second-order valence-electron chi connectivity index (χ2n) is 4.43. The van der Waals surface area contributed by atoms with E-state index in [-0.39, 0.29) is 0 Å². The summed E-state index contributed by atoms with van der Waals surface area (Å²) in [5.74, 6) is 0.0694. The number of carboxylic acid groups (broad SMARTS) is 1. The molecule has 5 heteroatoms. The molecule has 0 aliphatic heterocycles. The van der Waals surface area contributed by atoms with Crippen LogP contribution >= 0.6 is 15.9 Å². The van der Waals surface area contributed by atoms with Crippen LogP contribution in [0.3, 0.4) is 0 Å². The number of nitrogens with zero attached hydrogens (tertiary/aromatic N) is 1. The number of hydrogen-bond acceptors (Lipinski definition) is 3. The SMILES string of the molecule is Cc1nc(N[C@@H](CC(C)C)C(=O)O)ccc1Br. The van der Waals surface area contributed by atoms with Gasteiger partial charge in [-0.2, -0.15) is 0 Å². The Balaban J connectivity index is 2.78. The van der Waals surface area contributed by atoms with Crippen LogP contribution in [0.15, 0.2) is 16.6 Å². The minimum Gasteiger partial charge on any atom is -0.480 e. The summed E-state index contributed by atoms with van der Waals surface area (Å²) in [5.41, 5.74) is 0.837. The maximum absolute atomic E-state index is 11.1. The number of rotatable bonds is 5. The molecule has 0 radical (unpaired) electrons. The van der Waals surface area contributed by atoms with E-state index in [0.717, 1.165) is 10.2 Å². The van der Waals surface area contributed by atoms with Crippen LogP contribution in [0, 0.1) is 12.8 Å². The number of pyridine rings is 1. The lowest BCUT2D eigenvalue weighted by atomic mass is 10.0. The quantitative estimate of drug-likeness (QED) is 0.877. The fraction of sp³-hybridized carbons (Fsp3) is 0.500. The first-order chi connectivity index (χ1) is 7.90. The molecule has 0 aromatic carbocycles. The summed E-state index contributed by atoms with van der Waals surface area (Å²) in [6.07, 6.45) is 0.576. The highest BCUT2D eigenvalue weighted by atomic mass is 79.9. The van der Waals surface area contributed by atoms with E-state index in [1.54, 1.807) is 6.07 Å². The van der Waals surface area contributed by atoms with Gasteiger partial charge >= 0.3 is 5.97 Å². The van der Waals surface area contributed by atoms with Gasteiger partial charge in [-0.25, -0.2) is 9.78 Å². The van der Waals surface area contributed by atoms with Gasteiger partial charge in [0, 0.05) is 4.47 Å². The van der Waals surface area contributed by atoms with Gasteiger partial charge in [0.1, 0.15) is 11.9 Å². The van der Waals surface area contributed by atoms with Gasteiger partial charge < -0.3 is 10.4 Å². The molecule has 0 spiro atoms. The largest absolute Gasteiger partial charge is 0.480 e. The van der Waals surface area contributed by atoms with Crippen LogP contribution in [-0.4, -0.2) is 22.1 Å². The second kappa shape index (κ2) is 6.00. The molecule has 0 amide bonds. The molecule has 0 bridgehead atoms. The third-order valence-electron chi connectivity index (χ3n) is 2.35. The number of carboxylic acids is 1. The smallest absolute Gasteiger partial charge is 0.326 e. The number of hydrogen-bond donors (Lipinski definition) is 2. The molecule has 1 heterocycles. The summed E-state index contributed by atoms with van der Waals surface area (Å²) in [7, 11) is 0. The first kappa shape index (κ1) is 14.0. The number of carbonyl (C=O) groups is 1. The van der Waals surface area contributed by atoms with Crippen molar-refractivity contribution in [2.24, 2.45) is 5.92 Å². The van der Waals surface area contributed by atoms with Crippen LogP contribution < -0.4 is 5.32 Å². The Labute approximate surface area is 110 Å². The highest BCUT2D eigenvalue weighted by molar-refractivity contribution is 9.10. The first-order valence-corrected chi connectivity index (χ1v) is 6.32. The fourth-order valence-electron chi connectivity index (χ4n) is 1.50. The van der Waals surface area contributed by atoms with E-state index in [4.69, 9.17) is 5.11 Å². The van der Waals surface area contributed by atoms with Gasteiger partial charge in [0.15, 0.2) is 0 Å². The average Bonchev–Trinajstić information content (AvgIpc) is 2.21. The van der Waals surface area contributed by atoms with Crippen molar-refractivity contribution < 1.29 is 9.90 Å². The normalized spacial score (nSPS) is 12.5. The summed E-state index contributed by atoms with van der Waals surface area (Å²) >= 11 is 3.36. The zero-order chi connectivity index (χ0) is 13.0. The van der Waals surface area contributed by atoms with Crippen molar-refractivity contribution in [1.82, 2.24) is 4.98 Å². The summed E-state index contributed by atoms with van der Waals surface area (Å²) in [6, 6.07) is 3.04. The Hall–Kier alpha value is -1.10. The number of halogens is 1. The third kappa shape index (κ3) is 4.34. The standard InChI is InChI=1S/C12H17BrN2O2/c1-7(2)6-10(12(16)17)15-11-5-4-9(13)8(3)14-11/h4-5,7,10H,6H2,1-3H3,(H,14,15)(H,16,17)/t10-/m0/s1. The van der Waals surface area contributed by atoms with E-state index in [9.17, 15) is 4.79 Å². The number of anilines is 1. The van der Waals surface area contributed by atoms with E-state index >= 15 is 0 Å². The Bertz CT molecular complexity index is 407. The molecule has 94 valence electrons. The Morgan fingerprint density at radius 3 is 2.65 bits per heavy atom. The molecule has 0 aliphatic carbocycles. The minimum absolute atomic E-state index is 0.320. The third-order valence-corrected chi connectivity index (χ3v) is 3.19. The minimum atomic E-state index is -0.846. The van der Waals surface area contributed by atoms with Crippen molar-refractivity contribution in [1.29, 1.82) is 0 Å². The molecular weight excluding hydrogens is 284 g/mol. The number of aromatic nitrogens is 1. The molecule has 17 heavy (non-hydrogen) atoms. The highest BCUT2D eigenvalue weighted by Gasteiger charge is 2.19. The maximum Gasteiger partial charge on any atom is 0.326 e. The number of nitrogens with one attached hydrogen (secondary N) is 1. The van der Waals surface area contributed by atoms with E-state index in [0.29, 0.717) is 18.2 Å². The van der Waals surface area contributed by atoms with E-state index < -0.39 is 12.0 Å². The molecule has 2 N–H and O–H groups in total. The van der Waals surface area contributed by atoms with E-state index in [1.165, 1.54) is 0 Å². The fourth-order valence-corrected chi connectivity index (χ4v) is 1.72. The monoisotopic (exact) mass is 300 g/mol. The molecule has 0 saturated heterocycles. The van der Waals surface area contributed by atoms with E-state index in [1.807, 2.05) is 26.8 Å². The molecule has 1 rings (SSSR count). The van der Waals surface area contributed by atoms with E-state index in [2.05, 4.69) is 26.2 Å². The zero-order valence-electron chi connectivity index (χ0n) is 10.2. The van der Waals surface area contributed by atoms with Gasteiger partial charge in [0.05, 0.1) is 5.69 Å². The van der Waals surface area contributed by atoms with Gasteiger partial charge in [-0.1, -0.05) is 13.8 Å². The number of aryl methyl sites for hydroxylation is 1. The van der Waals surface area contributed by atoms with Crippen LogP contribution in [-0.2, 0) is 4.79 Å². The van der Waals surface area contributed by atoms with Gasteiger partial charge in [-0.3, -0.25) is 0 Å². The van der Waals surface area contributed by atoms with Crippen LogP contribution in [0.2, 0.25) is 0 Å². The van der Waals surface area contributed by atoms with Crippen LogP contribution in [0.1, 0.15) is 26.0 Å². The van der Waals surface area contributed by atoms with Crippen molar-refractivity contribution in [3.8, 4) is 0 Å². The Morgan fingerprint density at radius 1 is 1.53 bits per heavy atom. The van der Waals surface area contributed by atoms with Crippen molar-refractivity contribution >= 4 is 27.7 Å². The van der Waals surface area contributed by atoms with Crippen LogP contribution in [0.25, 0.3) is 0 Å². The van der Waals surface area contributed by atoms with Crippen molar-refractivity contribution in [3.63, 3.8) is 0 Å². The van der Waals surface area contributed by atoms with Gasteiger partial charge in [0.2, 0.25) is 0 Å². The molecule has 1 aromatic rings. The summed E-state index contributed by atoms with van der Waals surface area (Å²) in [5, 5.41) is 12.1. The molecule has 0 fully saturated rings. The lowest BCUT2D eigenvalue weighted by Crippen LogP contribution is -2.31. The van der Waals surface area contributed by atoms with Crippen molar-refractivity contribution in [3.05, 3.63) is 22.3 Å². The maximum atomic E-state index is 11.1. The van der Waals surface area contributed by atoms with Gasteiger partial charge in [-0.05, 0) is 47.3 Å². The van der Waals surface area contributed by atoms with Crippen LogP contribution in [0.5, 0.6) is 0 Å². The van der Waals surface area contributed by atoms with Crippen molar-refractivity contribution in [2.75, 3.05) is 5.32 Å². The van der Waals surface area contributed by atoms with Crippen LogP contribution in [0.4, 0.5) is 5.82 Å². The molecule has 1 aromatic heterocycles. The molecule has 1 atom stereocenters. The lowest BCUT2D eigenvalue weighted by Gasteiger charge is -2.17. The molecular formula is C12H17BrN2O2. The highest BCUT2D eigenvalue weighted by Crippen LogP contribution is 2.18. The average molecular weight is 301 g/mol. The summed E-state index contributed by atoms with van der Waals surface area (Å²) in [4.78, 5) is 15.4. The number of aliphatic carboxylic acids is 1. The molecule has 0 unspecified atom stereocenters. The predicted octanol–water partition coefficient (Wildman–Crippen LogP) is 3.06. The molecule has 0 aliphatic rings. The summed E-state index contributed by atoms with van der Waals surface area (Å²) in [6.45, 7) is 5.86. The molecule has 0 saturated carbocycles. The summed E-state index contributed by atoms with van der Waals surface area (Å²) < 4.78 is 0.916. The Kier molecular flexibility index (Phi) is 4.93. The Morgan fingerprint density at radius 2 is 2.18 bits per heavy atom. The molecule has 4 nitrogen and oxygen atoms in total. The van der Waals surface area contributed by atoms with Crippen molar-refractivity contribution in [2.45, 2.75) is 33.2 Å². The first-order valence-electron chi connectivity index (χ1n) is 5.52. The second-order valence-corrected chi connectivity index (χ2v) is 5.28. The zero-order valence-corrected chi connectivity index (χ0v) is 11.8.